The first-order chi connectivity index (χ1) is 9.75. The van der Waals surface area contributed by atoms with Crippen LogP contribution in [-0.2, 0) is 4.79 Å². The number of hydrogen-bond acceptors (Lipinski definition) is 4. The largest absolute Gasteiger partial charge is 4.00 e. The molecule has 0 saturated carbocycles. The molecule has 102 valence electrons. The maximum atomic E-state index is 10.2. The van der Waals surface area contributed by atoms with Gasteiger partial charge >= 0.3 is 23.9 Å². The van der Waals surface area contributed by atoms with Gasteiger partial charge in [-0.05, 0) is 23.8 Å². The van der Waals surface area contributed by atoms with Crippen LogP contribution < -0.4 is 14.6 Å². The molecular weight excluding hydrogens is 375 g/mol. The Morgan fingerprint density at radius 2 is 1.57 bits per heavy atom. The molecular formula is C16H13O4Sn+3. The van der Waals surface area contributed by atoms with Gasteiger partial charge in [0, 0.05) is 0 Å². The molecule has 0 spiro atoms. The molecule has 3 rings (SSSR count). The first kappa shape index (κ1) is 17.1. The Bertz CT molecular complexity index is 570. The summed E-state index contributed by atoms with van der Waals surface area (Å²) in [4.78, 5) is 10.2. The fourth-order valence-corrected chi connectivity index (χ4v) is 1.57. The van der Waals surface area contributed by atoms with Crippen molar-refractivity contribution < 1.29 is 19.4 Å². The zero-order valence-corrected chi connectivity index (χ0v) is 14.0. The summed E-state index contributed by atoms with van der Waals surface area (Å²) in [6.45, 7) is 0.211. The van der Waals surface area contributed by atoms with Crippen molar-refractivity contribution in [2.75, 3.05) is 6.79 Å². The van der Waals surface area contributed by atoms with Crippen molar-refractivity contribution in [3.8, 4) is 11.5 Å². The second-order valence-electron chi connectivity index (χ2n) is 3.92. The summed E-state index contributed by atoms with van der Waals surface area (Å²) in [7, 11) is 0. The predicted octanol–water partition coefficient (Wildman–Crippen LogP) is 1.48. The van der Waals surface area contributed by atoms with Gasteiger partial charge < -0.3 is 19.4 Å². The maximum Gasteiger partial charge on any atom is 4.00 e. The van der Waals surface area contributed by atoms with Gasteiger partial charge in [0.15, 0.2) is 11.5 Å². The summed E-state index contributed by atoms with van der Waals surface area (Å²) in [5.41, 5.74) is 0.735. The molecule has 0 bridgehead atoms. The Morgan fingerprint density at radius 3 is 2.14 bits per heavy atom. The van der Waals surface area contributed by atoms with Crippen LogP contribution in [0.2, 0.25) is 0 Å². The minimum atomic E-state index is -1.22. The van der Waals surface area contributed by atoms with Gasteiger partial charge in [-0.15, -0.1) is 0 Å². The van der Waals surface area contributed by atoms with Crippen molar-refractivity contribution >= 4 is 36.0 Å². The predicted molar refractivity (Wildman–Crippen MR) is 78.8 cm³/mol. The SMILES string of the molecule is O=C([O-])/C=C/c1ccc2c(c1)OCO2.[Sn+4].c1ccccc1. The number of fused-ring (bicyclic) bond motifs is 1. The van der Waals surface area contributed by atoms with Crippen LogP contribution in [0, 0.1) is 0 Å². The number of benzene rings is 2. The summed E-state index contributed by atoms with van der Waals surface area (Å²) >= 11 is 0. The van der Waals surface area contributed by atoms with Gasteiger partial charge in [0.25, 0.3) is 0 Å². The molecule has 0 aromatic heterocycles. The van der Waals surface area contributed by atoms with E-state index in [1.807, 2.05) is 36.4 Å². The molecule has 0 atom stereocenters. The van der Waals surface area contributed by atoms with Crippen molar-refractivity contribution in [3.63, 3.8) is 0 Å². The van der Waals surface area contributed by atoms with E-state index in [0.29, 0.717) is 11.5 Å². The van der Waals surface area contributed by atoms with E-state index >= 15 is 0 Å². The van der Waals surface area contributed by atoms with Gasteiger partial charge in [-0.3, -0.25) is 0 Å². The van der Waals surface area contributed by atoms with Gasteiger partial charge in [0.2, 0.25) is 6.79 Å². The van der Waals surface area contributed by atoms with E-state index in [-0.39, 0.29) is 30.7 Å². The molecule has 0 unspecified atom stereocenters. The van der Waals surface area contributed by atoms with E-state index in [0.717, 1.165) is 11.6 Å². The third-order valence-corrected chi connectivity index (χ3v) is 2.48. The average Bonchev–Trinajstić information content (AvgIpc) is 2.95. The maximum absolute atomic E-state index is 10.2. The van der Waals surface area contributed by atoms with Crippen molar-refractivity contribution in [2.45, 2.75) is 0 Å². The topological polar surface area (TPSA) is 58.6 Å². The molecule has 1 aliphatic rings. The van der Waals surface area contributed by atoms with E-state index in [4.69, 9.17) is 9.47 Å². The van der Waals surface area contributed by atoms with Gasteiger partial charge in [0.05, 0.1) is 5.97 Å². The van der Waals surface area contributed by atoms with E-state index in [2.05, 4.69) is 0 Å². The Balaban J connectivity index is 0.000000267. The Labute approximate surface area is 140 Å². The number of hydrogen-bond donors (Lipinski definition) is 0. The summed E-state index contributed by atoms with van der Waals surface area (Å²) in [5, 5.41) is 10.2. The molecule has 4 nitrogen and oxygen atoms in total. The molecule has 1 heterocycles. The molecule has 21 heavy (non-hydrogen) atoms. The molecule has 0 radical (unpaired) electrons. The molecule has 0 amide bonds. The van der Waals surface area contributed by atoms with Crippen LogP contribution in [0.25, 0.3) is 6.08 Å². The van der Waals surface area contributed by atoms with E-state index < -0.39 is 5.97 Å². The van der Waals surface area contributed by atoms with Crippen LogP contribution in [0.1, 0.15) is 5.56 Å². The molecule has 1 aliphatic heterocycles. The number of carboxylic acid groups (broad SMARTS) is 1. The minimum absolute atomic E-state index is 0. The molecule has 0 saturated heterocycles. The standard InChI is InChI=1S/C10H8O4.C6H6.Sn/c11-10(12)4-2-7-1-3-8-9(5-7)14-6-13-8;1-2-4-6-5-3-1;/h1-5H,6H2,(H,11,12);1-6H;/q;;+4/p-1/b4-2+;;. The van der Waals surface area contributed by atoms with Crippen LogP contribution in [0.4, 0.5) is 0 Å². The summed E-state index contributed by atoms with van der Waals surface area (Å²) < 4.78 is 10.2. The monoisotopic (exact) mass is 389 g/mol. The van der Waals surface area contributed by atoms with E-state index in [9.17, 15) is 9.90 Å². The Kier molecular flexibility index (Phi) is 7.39. The molecule has 0 fully saturated rings. The third-order valence-electron chi connectivity index (χ3n) is 2.48. The first-order valence-electron chi connectivity index (χ1n) is 6.04. The number of rotatable bonds is 2. The van der Waals surface area contributed by atoms with Gasteiger partial charge in [-0.1, -0.05) is 48.5 Å². The number of ether oxygens (including phenoxy) is 2. The number of carboxylic acids is 1. The normalized spacial score (nSPS) is 11.2. The smallest absolute Gasteiger partial charge is 0.545 e. The fourth-order valence-electron chi connectivity index (χ4n) is 1.57. The van der Waals surface area contributed by atoms with Gasteiger partial charge in [-0.2, -0.15) is 0 Å². The van der Waals surface area contributed by atoms with Crippen molar-refractivity contribution in [2.24, 2.45) is 0 Å². The second-order valence-corrected chi connectivity index (χ2v) is 3.92. The minimum Gasteiger partial charge on any atom is -0.545 e. The van der Waals surface area contributed by atoms with E-state index in [1.165, 1.54) is 6.08 Å². The van der Waals surface area contributed by atoms with Crippen molar-refractivity contribution in [1.29, 1.82) is 0 Å². The number of carbonyl (C=O) groups excluding carboxylic acids is 1. The summed E-state index contributed by atoms with van der Waals surface area (Å²) in [6.07, 6.45) is 2.41. The van der Waals surface area contributed by atoms with Gasteiger partial charge in [0.1, 0.15) is 0 Å². The quantitative estimate of drug-likeness (QED) is 0.578. The van der Waals surface area contributed by atoms with Crippen LogP contribution in [-0.4, -0.2) is 36.7 Å². The van der Waals surface area contributed by atoms with Crippen LogP contribution in [0.5, 0.6) is 11.5 Å². The summed E-state index contributed by atoms with van der Waals surface area (Å²) in [6, 6.07) is 17.2. The number of carbonyl (C=O) groups is 1. The fraction of sp³-hybridized carbons (Fsp3) is 0.0625. The third kappa shape index (κ3) is 5.91. The molecule has 2 aromatic rings. The average molecular weight is 388 g/mol. The molecule has 5 heteroatoms. The molecule has 2 aromatic carbocycles. The van der Waals surface area contributed by atoms with Gasteiger partial charge in [-0.25, -0.2) is 0 Å². The van der Waals surface area contributed by atoms with Crippen LogP contribution >= 0.6 is 0 Å². The Hall–Kier alpha value is -1.95. The second kappa shape index (κ2) is 9.07. The van der Waals surface area contributed by atoms with Crippen molar-refractivity contribution in [3.05, 3.63) is 66.2 Å². The zero-order valence-electron chi connectivity index (χ0n) is 11.2. The van der Waals surface area contributed by atoms with Crippen LogP contribution in [0.3, 0.4) is 0 Å². The van der Waals surface area contributed by atoms with Crippen molar-refractivity contribution in [1.82, 2.24) is 0 Å². The zero-order chi connectivity index (χ0) is 14.2. The molecule has 0 aliphatic carbocycles. The molecule has 0 N–H and O–H groups in total. The Morgan fingerprint density at radius 1 is 1.00 bits per heavy atom. The van der Waals surface area contributed by atoms with Crippen LogP contribution in [0.15, 0.2) is 60.7 Å². The first-order valence-corrected chi connectivity index (χ1v) is 6.04. The number of aliphatic carboxylic acids is 1. The van der Waals surface area contributed by atoms with E-state index in [1.54, 1.807) is 18.2 Å². The summed E-state index contributed by atoms with van der Waals surface area (Å²) in [5.74, 6) is 0.0868.